The van der Waals surface area contributed by atoms with E-state index in [1.807, 2.05) is 78.9 Å². The molecule has 1 heterocycles. The highest BCUT2D eigenvalue weighted by Crippen LogP contribution is 2.41. The zero-order valence-corrected chi connectivity index (χ0v) is 19.8. The quantitative estimate of drug-likeness (QED) is 0.213. The van der Waals surface area contributed by atoms with Crippen LogP contribution in [0.4, 0.5) is 11.4 Å². The van der Waals surface area contributed by atoms with Crippen LogP contribution in [0.3, 0.4) is 0 Å². The molecule has 0 amide bonds. The Bertz CT molecular complexity index is 1480. The van der Waals surface area contributed by atoms with Gasteiger partial charge in [-0.2, -0.15) is 5.26 Å². The fourth-order valence-corrected chi connectivity index (χ4v) is 4.38. The van der Waals surface area contributed by atoms with E-state index in [1.54, 1.807) is 17.0 Å². The number of nitrogens with one attached hydrogen (secondary N) is 1. The van der Waals surface area contributed by atoms with Crippen LogP contribution in [-0.4, -0.2) is 11.9 Å². The molecular formula is C30H23N3O4. The molecule has 5 rings (SSSR count). The van der Waals surface area contributed by atoms with Gasteiger partial charge < -0.3 is 9.57 Å². The van der Waals surface area contributed by atoms with Crippen molar-refractivity contribution in [1.82, 2.24) is 5.48 Å². The lowest BCUT2D eigenvalue weighted by Gasteiger charge is -2.20. The number of para-hydroxylation sites is 2. The Balaban J connectivity index is 1.38. The Morgan fingerprint density at radius 2 is 1.43 bits per heavy atom. The molecule has 7 nitrogen and oxygen atoms in total. The maximum Gasteiger partial charge on any atom is 0.357 e. The maximum absolute atomic E-state index is 13.4. The summed E-state index contributed by atoms with van der Waals surface area (Å²) in [5.41, 5.74) is 6.75. The van der Waals surface area contributed by atoms with E-state index in [4.69, 9.17) is 9.57 Å². The minimum Gasteiger partial charge on any atom is -0.453 e. The van der Waals surface area contributed by atoms with Gasteiger partial charge in [-0.3, -0.25) is 0 Å². The van der Waals surface area contributed by atoms with Crippen molar-refractivity contribution in [2.75, 3.05) is 4.90 Å². The third-order valence-electron chi connectivity index (χ3n) is 6.16. The first kappa shape index (κ1) is 23.8. The average Bonchev–Trinajstić information content (AvgIpc) is 3.07. The van der Waals surface area contributed by atoms with Crippen molar-refractivity contribution in [3.8, 4) is 6.19 Å². The molecule has 4 aromatic carbocycles. The van der Waals surface area contributed by atoms with Crippen LogP contribution >= 0.6 is 0 Å². The lowest BCUT2D eigenvalue weighted by molar-refractivity contribution is 0.0211. The molecule has 1 aliphatic heterocycles. The summed E-state index contributed by atoms with van der Waals surface area (Å²) in [5, 5.41) is 9.91. The first-order valence-corrected chi connectivity index (χ1v) is 11.8. The lowest BCUT2D eigenvalue weighted by Crippen LogP contribution is -2.22. The van der Waals surface area contributed by atoms with Crippen LogP contribution in [0.25, 0.3) is 0 Å². The van der Waals surface area contributed by atoms with Gasteiger partial charge in [0, 0.05) is 12.0 Å². The van der Waals surface area contributed by atoms with Gasteiger partial charge in [0.1, 0.15) is 6.10 Å². The molecule has 1 N–H and O–H groups in total. The normalized spacial score (nSPS) is 13.9. The topological polar surface area (TPSA) is 91.7 Å². The van der Waals surface area contributed by atoms with Gasteiger partial charge in [-0.1, -0.05) is 78.9 Å². The number of nitriles is 1. The highest BCUT2D eigenvalue weighted by atomic mass is 16.7. The van der Waals surface area contributed by atoms with Crippen molar-refractivity contribution in [2.24, 2.45) is 0 Å². The molecule has 0 aliphatic carbocycles. The number of fused-ring (bicyclic) bond motifs is 2. The fraction of sp³-hybridized carbons (Fsp3) is 0.100. The van der Waals surface area contributed by atoms with Crippen LogP contribution < -0.4 is 10.4 Å². The molecule has 0 saturated carbocycles. The van der Waals surface area contributed by atoms with E-state index in [0.717, 1.165) is 16.8 Å². The molecule has 7 heteroatoms. The second kappa shape index (κ2) is 10.8. The number of carbonyl (C=O) groups is 2. The van der Waals surface area contributed by atoms with Gasteiger partial charge in [0.05, 0.1) is 29.0 Å². The monoisotopic (exact) mass is 489 g/mol. The van der Waals surface area contributed by atoms with E-state index in [9.17, 15) is 14.9 Å². The van der Waals surface area contributed by atoms with Crippen molar-refractivity contribution in [3.63, 3.8) is 0 Å². The summed E-state index contributed by atoms with van der Waals surface area (Å²) >= 11 is 0. The number of hydrogen-bond donors (Lipinski definition) is 1. The Kier molecular flexibility index (Phi) is 6.93. The van der Waals surface area contributed by atoms with Crippen LogP contribution in [0.5, 0.6) is 0 Å². The standard InChI is InChI=1S/C30H23N3O4/c31-20-33-26-16-8-4-12-22(26)18-28(25-15-7-9-17-27(25)33)36-29(34)23-13-5-6-14-24(23)30(35)37-32-19-21-10-2-1-3-11-21/h1-17,28,32H,18-19H2. The smallest absolute Gasteiger partial charge is 0.357 e. The van der Waals surface area contributed by atoms with E-state index in [-0.39, 0.29) is 11.1 Å². The van der Waals surface area contributed by atoms with Gasteiger partial charge in [0.15, 0.2) is 6.19 Å². The minimum absolute atomic E-state index is 0.0917. The van der Waals surface area contributed by atoms with Gasteiger partial charge >= 0.3 is 11.9 Å². The molecule has 0 spiro atoms. The van der Waals surface area contributed by atoms with Gasteiger partial charge in [-0.15, -0.1) is 5.48 Å². The van der Waals surface area contributed by atoms with Crippen LogP contribution in [0.2, 0.25) is 0 Å². The van der Waals surface area contributed by atoms with Crippen LogP contribution in [0.1, 0.15) is 43.5 Å². The van der Waals surface area contributed by atoms with Crippen molar-refractivity contribution >= 4 is 23.3 Å². The van der Waals surface area contributed by atoms with E-state index < -0.39 is 18.0 Å². The third kappa shape index (κ3) is 5.06. The van der Waals surface area contributed by atoms with Crippen molar-refractivity contribution in [2.45, 2.75) is 19.1 Å². The summed E-state index contributed by atoms with van der Waals surface area (Å²) in [6, 6.07) is 30.8. The number of hydroxylamine groups is 1. The molecule has 1 unspecified atom stereocenters. The zero-order chi connectivity index (χ0) is 25.6. The Hall–Kier alpha value is -4.93. The molecular weight excluding hydrogens is 466 g/mol. The molecule has 1 aliphatic rings. The number of anilines is 2. The van der Waals surface area contributed by atoms with Crippen molar-refractivity contribution in [1.29, 1.82) is 5.26 Å². The van der Waals surface area contributed by atoms with E-state index in [0.29, 0.717) is 24.2 Å². The molecule has 0 bridgehead atoms. The lowest BCUT2D eigenvalue weighted by atomic mass is 10.0. The average molecular weight is 490 g/mol. The molecule has 37 heavy (non-hydrogen) atoms. The summed E-state index contributed by atoms with van der Waals surface area (Å²) < 4.78 is 5.99. The summed E-state index contributed by atoms with van der Waals surface area (Å²) in [7, 11) is 0. The summed E-state index contributed by atoms with van der Waals surface area (Å²) in [5.74, 6) is -1.34. The second-order valence-electron chi connectivity index (χ2n) is 8.46. The van der Waals surface area contributed by atoms with Crippen LogP contribution in [0.15, 0.2) is 103 Å². The summed E-state index contributed by atoms with van der Waals surface area (Å²) in [6.07, 6.45) is 1.96. The Morgan fingerprint density at radius 3 is 2.19 bits per heavy atom. The number of carbonyl (C=O) groups excluding carboxylic acids is 2. The van der Waals surface area contributed by atoms with Crippen LogP contribution in [-0.2, 0) is 22.5 Å². The van der Waals surface area contributed by atoms with Gasteiger partial charge in [-0.25, -0.2) is 14.5 Å². The van der Waals surface area contributed by atoms with E-state index in [2.05, 4.69) is 11.7 Å². The highest BCUT2D eigenvalue weighted by Gasteiger charge is 2.30. The fourth-order valence-electron chi connectivity index (χ4n) is 4.38. The second-order valence-corrected chi connectivity index (χ2v) is 8.46. The summed E-state index contributed by atoms with van der Waals surface area (Å²) in [4.78, 5) is 33.0. The number of rotatable bonds is 6. The maximum atomic E-state index is 13.4. The molecule has 1 atom stereocenters. The number of benzene rings is 4. The Labute approximate surface area is 214 Å². The largest absolute Gasteiger partial charge is 0.453 e. The SMILES string of the molecule is N#CN1c2ccccc2CC(OC(=O)c2ccccc2C(=O)ONCc2ccccc2)c2ccccc21. The number of ether oxygens (including phenoxy) is 1. The van der Waals surface area contributed by atoms with Gasteiger partial charge in [0.25, 0.3) is 0 Å². The molecule has 182 valence electrons. The first-order chi connectivity index (χ1) is 18.2. The predicted octanol–water partition coefficient (Wildman–Crippen LogP) is 5.62. The van der Waals surface area contributed by atoms with E-state index in [1.165, 1.54) is 12.1 Å². The number of esters is 1. The first-order valence-electron chi connectivity index (χ1n) is 11.8. The third-order valence-corrected chi connectivity index (χ3v) is 6.16. The molecule has 0 radical (unpaired) electrons. The van der Waals surface area contributed by atoms with E-state index >= 15 is 0 Å². The Morgan fingerprint density at radius 1 is 0.811 bits per heavy atom. The number of hydrogen-bond acceptors (Lipinski definition) is 7. The van der Waals surface area contributed by atoms with Gasteiger partial charge in [0.2, 0.25) is 0 Å². The van der Waals surface area contributed by atoms with Crippen molar-refractivity contribution in [3.05, 3.63) is 131 Å². The van der Waals surface area contributed by atoms with Crippen molar-refractivity contribution < 1.29 is 19.2 Å². The molecule has 0 fully saturated rings. The summed E-state index contributed by atoms with van der Waals surface area (Å²) in [6.45, 7) is 0.326. The number of nitrogens with zero attached hydrogens (tertiary/aromatic N) is 2. The predicted molar refractivity (Wildman–Crippen MR) is 138 cm³/mol. The molecule has 4 aromatic rings. The zero-order valence-electron chi connectivity index (χ0n) is 19.8. The minimum atomic E-state index is -0.689. The molecule has 0 aromatic heterocycles. The van der Waals surface area contributed by atoms with Gasteiger partial charge in [-0.05, 0) is 35.4 Å². The highest BCUT2D eigenvalue weighted by molar-refractivity contribution is 6.03. The van der Waals surface area contributed by atoms with Crippen LogP contribution in [0, 0.1) is 11.5 Å². The molecule has 0 saturated heterocycles.